The molecule has 0 aliphatic rings. The Morgan fingerprint density at radius 3 is 2.13 bits per heavy atom. The van der Waals surface area contributed by atoms with E-state index in [0.717, 1.165) is 11.3 Å². The maximum Gasteiger partial charge on any atom is 0.217 e. The van der Waals surface area contributed by atoms with Crippen LogP contribution in [0.5, 0.6) is 5.75 Å². The van der Waals surface area contributed by atoms with E-state index in [-0.39, 0.29) is 5.75 Å². The predicted molar refractivity (Wildman–Crippen MR) is 59.3 cm³/mol. The molecule has 0 heterocycles. The Hall–Kier alpha value is -1.07. The zero-order valence-corrected chi connectivity index (χ0v) is 9.91. The number of rotatable bonds is 4. The Bertz CT molecular complexity index is 409. The number of hydrogen-bond acceptors (Lipinski definition) is 3. The number of sulfonamides is 1. The maximum absolute atomic E-state index is 11.5. The quantitative estimate of drug-likeness (QED) is 0.776. The molecule has 0 spiro atoms. The highest BCUT2D eigenvalue weighted by atomic mass is 32.2. The normalized spacial score (nSPS) is 11.7. The lowest BCUT2D eigenvalue weighted by atomic mass is 10.2. The van der Waals surface area contributed by atoms with Crippen LogP contribution in [0, 0.1) is 0 Å². The first kappa shape index (κ1) is 12.0. The fourth-order valence-electron chi connectivity index (χ4n) is 1.06. The second-order valence-corrected chi connectivity index (χ2v) is 5.57. The maximum atomic E-state index is 11.5. The summed E-state index contributed by atoms with van der Waals surface area (Å²) in [5, 5.41) is 0. The first-order chi connectivity index (χ1) is 6.95. The van der Waals surface area contributed by atoms with Gasteiger partial charge >= 0.3 is 0 Å². The number of benzene rings is 1. The second-order valence-electron chi connectivity index (χ2n) is 3.39. The largest absolute Gasteiger partial charge is 0.497 e. The van der Waals surface area contributed by atoms with Gasteiger partial charge < -0.3 is 4.74 Å². The summed E-state index contributed by atoms with van der Waals surface area (Å²) in [6.07, 6.45) is 0. The van der Waals surface area contributed by atoms with Crippen molar-refractivity contribution in [2.45, 2.75) is 5.75 Å². The minimum absolute atomic E-state index is 0.0179. The number of hydrogen-bond donors (Lipinski definition) is 0. The lowest BCUT2D eigenvalue weighted by Gasteiger charge is -2.11. The summed E-state index contributed by atoms with van der Waals surface area (Å²) in [4.78, 5) is 0. The molecule has 0 unspecified atom stereocenters. The number of ether oxygens (including phenoxy) is 1. The van der Waals surface area contributed by atoms with Gasteiger partial charge in [-0.2, -0.15) is 0 Å². The summed E-state index contributed by atoms with van der Waals surface area (Å²) >= 11 is 0. The molecule has 0 saturated carbocycles. The van der Waals surface area contributed by atoms with E-state index >= 15 is 0 Å². The molecule has 0 aliphatic heterocycles. The standard InChI is InChI=1S/C10H15NO3S/c1-11(2)15(12,13)8-9-4-6-10(14-3)7-5-9/h4-7H,8H2,1-3H3. The third-order valence-corrected chi connectivity index (χ3v) is 3.88. The third-order valence-electron chi connectivity index (χ3n) is 2.06. The van der Waals surface area contributed by atoms with Crippen LogP contribution in [0.4, 0.5) is 0 Å². The molecule has 5 heteroatoms. The summed E-state index contributed by atoms with van der Waals surface area (Å²) in [7, 11) is 1.45. The van der Waals surface area contributed by atoms with Gasteiger partial charge in [-0.05, 0) is 17.7 Å². The molecule has 1 rings (SSSR count). The lowest BCUT2D eigenvalue weighted by Crippen LogP contribution is -2.23. The van der Waals surface area contributed by atoms with E-state index in [2.05, 4.69) is 0 Å². The van der Waals surface area contributed by atoms with E-state index in [1.165, 1.54) is 18.4 Å². The molecule has 0 amide bonds. The SMILES string of the molecule is COc1ccc(CS(=O)(=O)N(C)C)cc1. The highest BCUT2D eigenvalue weighted by molar-refractivity contribution is 7.88. The Morgan fingerprint density at radius 1 is 1.20 bits per heavy atom. The van der Waals surface area contributed by atoms with Crippen molar-refractivity contribution in [3.8, 4) is 5.75 Å². The van der Waals surface area contributed by atoms with Gasteiger partial charge in [-0.25, -0.2) is 12.7 Å². The van der Waals surface area contributed by atoms with Crippen molar-refractivity contribution in [1.82, 2.24) is 4.31 Å². The van der Waals surface area contributed by atoms with Crippen molar-refractivity contribution < 1.29 is 13.2 Å². The smallest absolute Gasteiger partial charge is 0.217 e. The van der Waals surface area contributed by atoms with E-state index < -0.39 is 10.0 Å². The Kier molecular flexibility index (Phi) is 3.71. The van der Waals surface area contributed by atoms with Crippen LogP contribution in [0.25, 0.3) is 0 Å². The first-order valence-corrected chi connectivity index (χ1v) is 6.10. The van der Waals surface area contributed by atoms with Crippen LogP contribution in [0.3, 0.4) is 0 Å². The molecule has 0 aromatic heterocycles. The molecule has 0 aliphatic carbocycles. The Morgan fingerprint density at radius 2 is 1.73 bits per heavy atom. The average Bonchev–Trinajstić information content (AvgIpc) is 2.18. The van der Waals surface area contributed by atoms with Gasteiger partial charge in [0.15, 0.2) is 0 Å². The Labute approximate surface area is 90.5 Å². The first-order valence-electron chi connectivity index (χ1n) is 4.49. The molecule has 1 aromatic carbocycles. The van der Waals surface area contributed by atoms with E-state index in [4.69, 9.17) is 4.74 Å². The number of nitrogens with zero attached hydrogens (tertiary/aromatic N) is 1. The van der Waals surface area contributed by atoms with Crippen molar-refractivity contribution >= 4 is 10.0 Å². The topological polar surface area (TPSA) is 46.6 Å². The summed E-state index contributed by atoms with van der Waals surface area (Å²) in [6, 6.07) is 7.00. The highest BCUT2D eigenvalue weighted by Crippen LogP contribution is 2.14. The van der Waals surface area contributed by atoms with Crippen LogP contribution < -0.4 is 4.74 Å². The molecular weight excluding hydrogens is 214 g/mol. The minimum Gasteiger partial charge on any atom is -0.497 e. The van der Waals surface area contributed by atoms with Crippen LogP contribution in [0.15, 0.2) is 24.3 Å². The minimum atomic E-state index is -3.18. The zero-order chi connectivity index (χ0) is 11.5. The van der Waals surface area contributed by atoms with Gasteiger partial charge in [0.25, 0.3) is 0 Å². The molecule has 15 heavy (non-hydrogen) atoms. The van der Waals surface area contributed by atoms with Crippen LogP contribution >= 0.6 is 0 Å². The molecule has 0 saturated heterocycles. The van der Waals surface area contributed by atoms with Crippen LogP contribution in [-0.2, 0) is 15.8 Å². The van der Waals surface area contributed by atoms with Crippen LogP contribution in [-0.4, -0.2) is 33.9 Å². The van der Waals surface area contributed by atoms with Crippen molar-refractivity contribution in [3.05, 3.63) is 29.8 Å². The highest BCUT2D eigenvalue weighted by Gasteiger charge is 2.14. The summed E-state index contributed by atoms with van der Waals surface area (Å²) in [6.45, 7) is 0. The third kappa shape index (κ3) is 3.21. The lowest BCUT2D eigenvalue weighted by molar-refractivity contribution is 0.414. The van der Waals surface area contributed by atoms with Crippen molar-refractivity contribution in [1.29, 1.82) is 0 Å². The van der Waals surface area contributed by atoms with Gasteiger partial charge in [0.1, 0.15) is 5.75 Å². The molecule has 4 nitrogen and oxygen atoms in total. The van der Waals surface area contributed by atoms with Gasteiger partial charge in [0.2, 0.25) is 10.0 Å². The molecule has 1 aromatic rings. The number of methoxy groups -OCH3 is 1. The van der Waals surface area contributed by atoms with Crippen molar-refractivity contribution in [2.24, 2.45) is 0 Å². The van der Waals surface area contributed by atoms with Crippen LogP contribution in [0.1, 0.15) is 5.56 Å². The molecule has 0 atom stereocenters. The van der Waals surface area contributed by atoms with E-state index in [1.807, 2.05) is 0 Å². The molecule has 84 valence electrons. The summed E-state index contributed by atoms with van der Waals surface area (Å²) in [5.41, 5.74) is 0.754. The van der Waals surface area contributed by atoms with E-state index in [0.29, 0.717) is 0 Å². The fourth-order valence-corrected chi connectivity index (χ4v) is 1.93. The monoisotopic (exact) mass is 229 g/mol. The van der Waals surface area contributed by atoms with Crippen LogP contribution in [0.2, 0.25) is 0 Å². The van der Waals surface area contributed by atoms with Gasteiger partial charge in [0.05, 0.1) is 12.9 Å². The average molecular weight is 229 g/mol. The van der Waals surface area contributed by atoms with Crippen molar-refractivity contribution in [3.63, 3.8) is 0 Å². The van der Waals surface area contributed by atoms with E-state index in [1.54, 1.807) is 31.4 Å². The van der Waals surface area contributed by atoms with E-state index in [9.17, 15) is 8.42 Å². The molecule has 0 N–H and O–H groups in total. The fraction of sp³-hybridized carbons (Fsp3) is 0.400. The Balaban J connectivity index is 2.82. The molecular formula is C10H15NO3S. The zero-order valence-electron chi connectivity index (χ0n) is 9.10. The summed E-state index contributed by atoms with van der Waals surface area (Å²) in [5.74, 6) is 0.741. The van der Waals surface area contributed by atoms with Gasteiger partial charge in [-0.3, -0.25) is 0 Å². The molecule has 0 fully saturated rings. The summed E-state index contributed by atoms with van der Waals surface area (Å²) < 4.78 is 29.3. The molecule has 0 radical (unpaired) electrons. The molecule has 0 bridgehead atoms. The van der Waals surface area contributed by atoms with Crippen molar-refractivity contribution in [2.75, 3.05) is 21.2 Å². The second kappa shape index (κ2) is 4.63. The predicted octanol–water partition coefficient (Wildman–Crippen LogP) is 1.09. The van der Waals surface area contributed by atoms with Gasteiger partial charge in [-0.15, -0.1) is 0 Å². The van der Waals surface area contributed by atoms with Gasteiger partial charge in [0, 0.05) is 14.1 Å². The van der Waals surface area contributed by atoms with Gasteiger partial charge in [-0.1, -0.05) is 12.1 Å².